The summed E-state index contributed by atoms with van der Waals surface area (Å²) in [6.07, 6.45) is 0. The molecule has 1 aliphatic rings. The molecule has 7 heteroatoms. The predicted octanol–water partition coefficient (Wildman–Crippen LogP) is 0.619. The summed E-state index contributed by atoms with van der Waals surface area (Å²) in [4.78, 5) is 2.25. The lowest BCUT2D eigenvalue weighted by atomic mass is 10.2. The zero-order valence-electron chi connectivity index (χ0n) is 12.8. The second kappa shape index (κ2) is 6.74. The van der Waals surface area contributed by atoms with Crippen LogP contribution in [0, 0.1) is 0 Å². The van der Waals surface area contributed by atoms with Crippen LogP contribution < -0.4 is 4.74 Å². The largest absolute Gasteiger partial charge is 0.496 e. The predicted molar refractivity (Wildman–Crippen MR) is 82.5 cm³/mol. The number of ether oxygens (including phenoxy) is 1. The van der Waals surface area contributed by atoms with Crippen LogP contribution in [0.3, 0.4) is 0 Å². The van der Waals surface area contributed by atoms with E-state index in [4.69, 9.17) is 4.74 Å². The number of hydrogen-bond donors (Lipinski definition) is 0. The molecule has 2 rings (SSSR count). The summed E-state index contributed by atoms with van der Waals surface area (Å²) in [7, 11) is 1.51. The summed E-state index contributed by atoms with van der Waals surface area (Å²) < 4.78 is 32.3. The van der Waals surface area contributed by atoms with Crippen molar-refractivity contribution in [2.75, 3.05) is 47.4 Å². The van der Waals surface area contributed by atoms with Crippen molar-refractivity contribution in [1.29, 1.82) is 0 Å². The summed E-state index contributed by atoms with van der Waals surface area (Å²) in [5.41, 5.74) is 1.13. The van der Waals surface area contributed by atoms with Crippen molar-refractivity contribution in [3.05, 3.63) is 29.8 Å². The van der Waals surface area contributed by atoms with Gasteiger partial charge in [-0.25, -0.2) is 0 Å². The van der Waals surface area contributed by atoms with Crippen molar-refractivity contribution in [3.63, 3.8) is 0 Å². The summed E-state index contributed by atoms with van der Waals surface area (Å²) in [6, 6.07) is 7.93. The van der Waals surface area contributed by atoms with Crippen LogP contribution in [0.15, 0.2) is 24.3 Å². The molecular formula is C14H23N3O3S. The fraction of sp³-hybridized carbons (Fsp3) is 0.571. The molecule has 0 N–H and O–H groups in total. The monoisotopic (exact) mass is 313 g/mol. The van der Waals surface area contributed by atoms with E-state index in [2.05, 4.69) is 4.90 Å². The highest BCUT2D eigenvalue weighted by Crippen LogP contribution is 2.20. The first-order valence-corrected chi connectivity index (χ1v) is 8.36. The Morgan fingerprint density at radius 2 is 1.76 bits per heavy atom. The topological polar surface area (TPSA) is 53.1 Å². The smallest absolute Gasteiger partial charge is 0.281 e. The van der Waals surface area contributed by atoms with E-state index in [1.165, 1.54) is 8.61 Å². The Kier molecular flexibility index (Phi) is 5.21. The third-order valence-electron chi connectivity index (χ3n) is 3.71. The van der Waals surface area contributed by atoms with Gasteiger partial charge in [0, 0.05) is 52.4 Å². The summed E-state index contributed by atoms with van der Waals surface area (Å²) >= 11 is 0. The average molecular weight is 313 g/mol. The molecule has 1 saturated heterocycles. The van der Waals surface area contributed by atoms with Gasteiger partial charge in [0.1, 0.15) is 5.75 Å². The fourth-order valence-electron chi connectivity index (χ4n) is 2.42. The van der Waals surface area contributed by atoms with Crippen LogP contribution in [0.1, 0.15) is 5.56 Å². The lowest BCUT2D eigenvalue weighted by Crippen LogP contribution is -2.51. The van der Waals surface area contributed by atoms with E-state index in [9.17, 15) is 8.42 Å². The second-order valence-electron chi connectivity index (χ2n) is 5.28. The Bertz CT molecular complexity index is 567. The number of nitrogens with zero attached hydrogens (tertiary/aromatic N) is 3. The number of hydrogen-bond acceptors (Lipinski definition) is 4. The highest BCUT2D eigenvalue weighted by molar-refractivity contribution is 7.86. The zero-order chi connectivity index (χ0) is 15.5. The van der Waals surface area contributed by atoms with Crippen LogP contribution in [0.5, 0.6) is 5.75 Å². The zero-order valence-corrected chi connectivity index (χ0v) is 13.6. The number of para-hydroxylation sites is 1. The van der Waals surface area contributed by atoms with Crippen molar-refractivity contribution in [1.82, 2.24) is 13.5 Å². The molecule has 0 atom stereocenters. The molecule has 1 aromatic rings. The minimum atomic E-state index is -3.29. The van der Waals surface area contributed by atoms with Gasteiger partial charge in [-0.05, 0) is 6.07 Å². The third kappa shape index (κ3) is 3.74. The van der Waals surface area contributed by atoms with Gasteiger partial charge in [-0.1, -0.05) is 18.2 Å². The van der Waals surface area contributed by atoms with Crippen LogP contribution in [0.4, 0.5) is 0 Å². The van der Waals surface area contributed by atoms with Gasteiger partial charge in [-0.2, -0.15) is 17.0 Å². The first-order chi connectivity index (χ1) is 9.95. The number of rotatable bonds is 5. The van der Waals surface area contributed by atoms with E-state index in [0.717, 1.165) is 30.9 Å². The molecule has 0 radical (unpaired) electrons. The van der Waals surface area contributed by atoms with Crippen LogP contribution >= 0.6 is 0 Å². The van der Waals surface area contributed by atoms with E-state index in [-0.39, 0.29) is 0 Å². The second-order valence-corrected chi connectivity index (χ2v) is 7.42. The van der Waals surface area contributed by atoms with Gasteiger partial charge in [-0.3, -0.25) is 4.90 Å². The summed E-state index contributed by atoms with van der Waals surface area (Å²) in [5.74, 6) is 0.876. The average Bonchev–Trinajstić information content (AvgIpc) is 2.48. The van der Waals surface area contributed by atoms with E-state index in [1.54, 1.807) is 21.2 Å². The maximum absolute atomic E-state index is 12.1. The van der Waals surface area contributed by atoms with Crippen LogP contribution in [-0.4, -0.2) is 69.3 Å². The maximum atomic E-state index is 12.1. The Morgan fingerprint density at radius 3 is 2.33 bits per heavy atom. The van der Waals surface area contributed by atoms with Crippen molar-refractivity contribution >= 4 is 10.2 Å². The molecule has 0 saturated carbocycles. The minimum Gasteiger partial charge on any atom is -0.496 e. The van der Waals surface area contributed by atoms with Crippen molar-refractivity contribution in [2.45, 2.75) is 6.54 Å². The lowest BCUT2D eigenvalue weighted by Gasteiger charge is -2.35. The van der Waals surface area contributed by atoms with Crippen LogP contribution in [0.25, 0.3) is 0 Å². The maximum Gasteiger partial charge on any atom is 0.281 e. The van der Waals surface area contributed by atoms with Gasteiger partial charge in [0.2, 0.25) is 0 Å². The molecule has 0 unspecified atom stereocenters. The third-order valence-corrected chi connectivity index (χ3v) is 5.65. The van der Waals surface area contributed by atoms with Gasteiger partial charge in [0.25, 0.3) is 10.2 Å². The number of benzene rings is 1. The van der Waals surface area contributed by atoms with Gasteiger partial charge >= 0.3 is 0 Å². The van der Waals surface area contributed by atoms with Gasteiger partial charge in [-0.15, -0.1) is 0 Å². The standard InChI is InChI=1S/C14H23N3O3S/c1-15(2)21(18,19)17-10-8-16(9-11-17)12-13-6-4-5-7-14(13)20-3/h4-7H,8-12H2,1-3H3. The fourth-order valence-corrected chi connectivity index (χ4v) is 3.51. The van der Waals surface area contributed by atoms with Crippen molar-refractivity contribution in [2.24, 2.45) is 0 Å². The van der Waals surface area contributed by atoms with E-state index >= 15 is 0 Å². The molecule has 1 heterocycles. The first-order valence-electron chi connectivity index (χ1n) is 6.97. The number of piperazine rings is 1. The van der Waals surface area contributed by atoms with E-state index < -0.39 is 10.2 Å². The Hall–Kier alpha value is -1.15. The molecule has 0 aromatic heterocycles. The Labute approximate surface area is 127 Å². The number of methoxy groups -OCH3 is 1. The Morgan fingerprint density at radius 1 is 1.14 bits per heavy atom. The van der Waals surface area contributed by atoms with Gasteiger partial charge in [0.05, 0.1) is 7.11 Å². The molecule has 1 aliphatic heterocycles. The highest BCUT2D eigenvalue weighted by Gasteiger charge is 2.28. The minimum absolute atomic E-state index is 0.523. The van der Waals surface area contributed by atoms with Gasteiger partial charge in [0.15, 0.2) is 0 Å². The van der Waals surface area contributed by atoms with Crippen molar-refractivity contribution < 1.29 is 13.2 Å². The molecule has 1 aromatic carbocycles. The molecule has 0 bridgehead atoms. The molecule has 0 spiro atoms. The molecule has 21 heavy (non-hydrogen) atoms. The van der Waals surface area contributed by atoms with E-state index in [0.29, 0.717) is 13.1 Å². The normalized spacial score (nSPS) is 18.1. The molecule has 6 nitrogen and oxygen atoms in total. The van der Waals surface area contributed by atoms with Crippen LogP contribution in [0.2, 0.25) is 0 Å². The van der Waals surface area contributed by atoms with E-state index in [1.807, 2.05) is 24.3 Å². The molecule has 0 aliphatic carbocycles. The summed E-state index contributed by atoms with van der Waals surface area (Å²) in [6.45, 7) is 3.28. The highest BCUT2D eigenvalue weighted by atomic mass is 32.2. The van der Waals surface area contributed by atoms with Crippen molar-refractivity contribution in [3.8, 4) is 5.75 Å². The van der Waals surface area contributed by atoms with Crippen LogP contribution in [-0.2, 0) is 16.8 Å². The SMILES string of the molecule is COc1ccccc1CN1CCN(S(=O)(=O)N(C)C)CC1. The molecule has 0 amide bonds. The van der Waals surface area contributed by atoms with Gasteiger partial charge < -0.3 is 4.74 Å². The molecule has 1 fully saturated rings. The Balaban J connectivity index is 1.96. The molecule has 118 valence electrons. The lowest BCUT2D eigenvalue weighted by molar-refractivity contribution is 0.176. The summed E-state index contributed by atoms with van der Waals surface area (Å²) in [5, 5.41) is 0. The first kappa shape index (κ1) is 16.2. The quantitative estimate of drug-likeness (QED) is 0.800. The molecular weight excluding hydrogens is 290 g/mol.